The largest absolute Gasteiger partial charge is 0.373 e. The predicted molar refractivity (Wildman–Crippen MR) is 116 cm³/mol. The number of ketones is 1. The number of amides is 1. The highest BCUT2D eigenvalue weighted by Crippen LogP contribution is 2.27. The molecule has 1 aromatic heterocycles. The van der Waals surface area contributed by atoms with Gasteiger partial charge in [0, 0.05) is 6.42 Å². The van der Waals surface area contributed by atoms with Crippen LogP contribution < -0.4 is 10.9 Å². The molecule has 2 heterocycles. The van der Waals surface area contributed by atoms with Gasteiger partial charge in [0.25, 0.3) is 11.5 Å². The molecule has 1 aliphatic rings. The molecule has 0 spiro atoms. The first-order chi connectivity index (χ1) is 14.9. The maximum Gasteiger partial charge on any atom is 0.290 e. The molecule has 0 bridgehead atoms. The summed E-state index contributed by atoms with van der Waals surface area (Å²) in [7, 11) is -3.17. The van der Waals surface area contributed by atoms with E-state index in [1.54, 1.807) is 12.1 Å². The Bertz CT molecular complexity index is 1160. The third kappa shape index (κ3) is 5.73. The highest BCUT2D eigenvalue weighted by molar-refractivity contribution is 7.91. The molecule has 1 aromatic carbocycles. The second kappa shape index (κ2) is 9.01. The first kappa shape index (κ1) is 23.9. The van der Waals surface area contributed by atoms with Crippen LogP contribution in [0.5, 0.6) is 0 Å². The van der Waals surface area contributed by atoms with E-state index < -0.39 is 44.5 Å². The molecule has 1 atom stereocenters. The lowest BCUT2D eigenvalue weighted by atomic mass is 9.85. The summed E-state index contributed by atoms with van der Waals surface area (Å²) in [5, 5.41) is 4.59. The molecule has 32 heavy (non-hydrogen) atoms. The Labute approximate surface area is 185 Å². The second-order valence-electron chi connectivity index (χ2n) is 9.22. The van der Waals surface area contributed by atoms with Crippen molar-refractivity contribution in [1.82, 2.24) is 10.5 Å². The first-order valence-corrected chi connectivity index (χ1v) is 12.2. The lowest BCUT2D eigenvalue weighted by Gasteiger charge is -2.29. The van der Waals surface area contributed by atoms with Crippen molar-refractivity contribution in [2.24, 2.45) is 5.92 Å². The first-order valence-electron chi connectivity index (χ1n) is 10.4. The number of carbonyl (C=O) groups excluding carboxylic acids is 2. The average molecular weight is 467 g/mol. The van der Waals surface area contributed by atoms with Crippen molar-refractivity contribution in [2.75, 3.05) is 11.5 Å². The minimum Gasteiger partial charge on any atom is -0.373 e. The molecule has 10 heteroatoms. The summed E-state index contributed by atoms with van der Waals surface area (Å²) in [5.41, 5.74) is -0.0110. The van der Waals surface area contributed by atoms with Crippen LogP contribution in [0.2, 0.25) is 0 Å². The molecule has 0 saturated carbocycles. The van der Waals surface area contributed by atoms with Crippen LogP contribution in [0.25, 0.3) is 0 Å². The fourth-order valence-corrected chi connectivity index (χ4v) is 5.43. The number of aromatic amines is 1. The van der Waals surface area contributed by atoms with Gasteiger partial charge in [-0.15, -0.1) is 0 Å². The summed E-state index contributed by atoms with van der Waals surface area (Å²) in [4.78, 5) is 36.9. The average Bonchev–Trinajstić information content (AvgIpc) is 3.12. The van der Waals surface area contributed by atoms with Gasteiger partial charge in [-0.2, -0.15) is 5.16 Å². The zero-order chi connectivity index (χ0) is 23.7. The number of sulfone groups is 1. The lowest BCUT2D eigenvalue weighted by Crippen LogP contribution is -2.48. The van der Waals surface area contributed by atoms with Crippen molar-refractivity contribution in [2.45, 2.75) is 51.5 Å². The second-order valence-corrected chi connectivity index (χ2v) is 11.5. The Morgan fingerprint density at radius 3 is 2.41 bits per heavy atom. The van der Waals surface area contributed by atoms with Gasteiger partial charge in [-0.3, -0.25) is 14.4 Å². The number of nitrogens with one attached hydrogen (secondary N) is 2. The van der Waals surface area contributed by atoms with Crippen molar-refractivity contribution in [3.8, 4) is 0 Å². The van der Waals surface area contributed by atoms with E-state index in [9.17, 15) is 27.2 Å². The van der Waals surface area contributed by atoms with Gasteiger partial charge in [-0.25, -0.2) is 12.8 Å². The molecule has 3 rings (SSSR count). The molecule has 1 saturated heterocycles. The molecular formula is C22H27FN2O6S. The number of halogens is 1. The minimum absolute atomic E-state index is 0.0779. The van der Waals surface area contributed by atoms with Gasteiger partial charge in [0.1, 0.15) is 15.7 Å². The molecular weight excluding hydrogens is 439 g/mol. The molecule has 1 fully saturated rings. The molecule has 2 aromatic rings. The Morgan fingerprint density at radius 1 is 1.22 bits per heavy atom. The van der Waals surface area contributed by atoms with Gasteiger partial charge in [0.05, 0.1) is 23.6 Å². The number of benzene rings is 1. The number of hydrogen-bond acceptors (Lipinski definition) is 6. The third-order valence-electron chi connectivity index (χ3n) is 5.67. The molecule has 0 radical (unpaired) electrons. The van der Waals surface area contributed by atoms with E-state index in [0.29, 0.717) is 11.1 Å². The molecule has 0 aliphatic carbocycles. The normalized spacial score (nSPS) is 17.6. The zero-order valence-electron chi connectivity index (χ0n) is 18.2. The van der Waals surface area contributed by atoms with E-state index in [1.807, 2.05) is 25.9 Å². The van der Waals surface area contributed by atoms with Gasteiger partial charge in [0.15, 0.2) is 5.78 Å². The van der Waals surface area contributed by atoms with Crippen LogP contribution in [-0.2, 0) is 26.5 Å². The van der Waals surface area contributed by atoms with Gasteiger partial charge >= 0.3 is 0 Å². The van der Waals surface area contributed by atoms with Crippen molar-refractivity contribution >= 4 is 21.5 Å². The van der Waals surface area contributed by atoms with Gasteiger partial charge in [0.2, 0.25) is 5.76 Å². The van der Waals surface area contributed by atoms with Crippen molar-refractivity contribution < 1.29 is 26.9 Å². The summed E-state index contributed by atoms with van der Waals surface area (Å²) in [5.74, 6) is -2.39. The highest BCUT2D eigenvalue weighted by Gasteiger charge is 2.35. The van der Waals surface area contributed by atoms with Crippen LogP contribution in [-0.4, -0.2) is 42.8 Å². The zero-order valence-corrected chi connectivity index (χ0v) is 19.1. The fraction of sp³-hybridized carbons (Fsp3) is 0.500. The summed E-state index contributed by atoms with van der Waals surface area (Å²) >= 11 is 0. The summed E-state index contributed by atoms with van der Waals surface area (Å²) < 4.78 is 43.0. The van der Waals surface area contributed by atoms with Crippen LogP contribution in [0.15, 0.2) is 33.6 Å². The Hall–Kier alpha value is -2.75. The van der Waals surface area contributed by atoms with E-state index in [0.717, 1.165) is 6.07 Å². The molecule has 174 valence electrons. The maximum absolute atomic E-state index is 14.6. The maximum atomic E-state index is 14.6. The van der Waals surface area contributed by atoms with Gasteiger partial charge in [-0.1, -0.05) is 32.9 Å². The smallest absolute Gasteiger partial charge is 0.290 e. The summed E-state index contributed by atoms with van der Waals surface area (Å²) in [6.07, 6.45) is 0.299. The van der Waals surface area contributed by atoms with Gasteiger partial charge in [-0.05, 0) is 41.4 Å². The van der Waals surface area contributed by atoms with Crippen LogP contribution in [0, 0.1) is 11.7 Å². The number of aromatic nitrogens is 1. The van der Waals surface area contributed by atoms with Gasteiger partial charge < -0.3 is 9.84 Å². The topological polar surface area (TPSA) is 126 Å². The van der Waals surface area contributed by atoms with E-state index in [1.165, 1.54) is 6.07 Å². The number of Topliss-reactive ketones (excluding diaryl/α,β-unsaturated/α-hetero) is 1. The van der Waals surface area contributed by atoms with Crippen LogP contribution in [0.4, 0.5) is 4.39 Å². The number of rotatable bonds is 6. The monoisotopic (exact) mass is 466 g/mol. The fourth-order valence-electron chi connectivity index (χ4n) is 3.90. The molecule has 1 aliphatic heterocycles. The predicted octanol–water partition coefficient (Wildman–Crippen LogP) is 2.14. The van der Waals surface area contributed by atoms with Crippen LogP contribution >= 0.6 is 0 Å². The Balaban J connectivity index is 1.82. The lowest BCUT2D eigenvalue weighted by molar-refractivity contribution is -0.121. The Morgan fingerprint density at radius 2 is 1.88 bits per heavy atom. The van der Waals surface area contributed by atoms with E-state index >= 15 is 0 Å². The molecule has 8 nitrogen and oxygen atoms in total. The molecule has 0 unspecified atom stereocenters. The quantitative estimate of drug-likeness (QED) is 0.672. The summed E-state index contributed by atoms with van der Waals surface area (Å²) in [6.45, 7) is 5.66. The van der Waals surface area contributed by atoms with Crippen LogP contribution in [0.1, 0.15) is 55.3 Å². The number of carbonyl (C=O) groups is 2. The van der Waals surface area contributed by atoms with E-state index in [2.05, 4.69) is 5.32 Å². The highest BCUT2D eigenvalue weighted by atomic mass is 32.2. The minimum atomic E-state index is -3.17. The molecule has 2 N–H and O–H groups in total. The Kier molecular flexibility index (Phi) is 6.73. The molecule has 1 amide bonds. The number of H-pyrrole nitrogens is 1. The van der Waals surface area contributed by atoms with Crippen molar-refractivity contribution in [3.63, 3.8) is 0 Å². The van der Waals surface area contributed by atoms with Crippen molar-refractivity contribution in [3.05, 3.63) is 57.3 Å². The number of hydrogen-bond donors (Lipinski definition) is 2. The summed E-state index contributed by atoms with van der Waals surface area (Å²) in [6, 6.07) is 4.60. The third-order valence-corrected chi connectivity index (χ3v) is 7.39. The SMILES string of the molecule is CC(C)(C)c1ccc(CC(=O)[C@H](NC(=O)c2cc(=O)[nH]o2)C2CCS(=O)(=O)CC2)cc1F. The van der Waals surface area contributed by atoms with Crippen LogP contribution in [0.3, 0.4) is 0 Å². The standard InChI is InChI=1S/C22H27FN2O6S/c1-22(2,3)15-5-4-13(10-16(15)23)11-17(26)20(14-6-8-32(29,30)9-7-14)24-21(28)18-12-19(27)25-31-18/h4-5,10,12,14,20H,6-9,11H2,1-3H3,(H,24,28)(H,25,27)/t20-/m1/s1. The van der Waals surface area contributed by atoms with Crippen molar-refractivity contribution in [1.29, 1.82) is 0 Å². The van der Waals surface area contributed by atoms with E-state index in [4.69, 9.17) is 4.52 Å². The van der Waals surface area contributed by atoms with E-state index in [-0.39, 0.29) is 42.3 Å².